The Labute approximate surface area is 91.9 Å². The van der Waals surface area contributed by atoms with E-state index in [2.05, 4.69) is 46.7 Å². The minimum absolute atomic E-state index is 0.0604. The summed E-state index contributed by atoms with van der Waals surface area (Å²) < 4.78 is 0.780. The molecular weight excluding hydrogens is 251 g/mol. The van der Waals surface area contributed by atoms with Crippen molar-refractivity contribution in [2.24, 2.45) is 0 Å². The lowest BCUT2D eigenvalue weighted by molar-refractivity contribution is 0.542. The fourth-order valence-electron chi connectivity index (χ4n) is 0.860. The van der Waals surface area contributed by atoms with Crippen LogP contribution in [0.3, 0.4) is 0 Å². The number of hydrogen-bond donors (Lipinski definition) is 0. The molecule has 0 N–H and O–H groups in total. The van der Waals surface area contributed by atoms with E-state index in [-0.39, 0.29) is 5.41 Å². The highest BCUT2D eigenvalue weighted by Crippen LogP contribution is 2.26. The summed E-state index contributed by atoms with van der Waals surface area (Å²) in [6.45, 7) is 8.09. The Balaban J connectivity index is 3.29. The molecule has 0 aliphatic carbocycles. The average molecular weight is 264 g/mol. The van der Waals surface area contributed by atoms with Crippen molar-refractivity contribution < 1.29 is 0 Å². The molecule has 72 valence electrons. The van der Waals surface area contributed by atoms with Gasteiger partial charge in [0.15, 0.2) is 0 Å². The van der Waals surface area contributed by atoms with E-state index in [1.807, 2.05) is 6.92 Å². The van der Waals surface area contributed by atoms with Gasteiger partial charge in [-0.3, -0.25) is 0 Å². The molecule has 0 fully saturated rings. The van der Waals surface area contributed by atoms with Gasteiger partial charge in [-0.1, -0.05) is 32.4 Å². The maximum absolute atomic E-state index is 5.93. The van der Waals surface area contributed by atoms with Gasteiger partial charge in [0.2, 0.25) is 0 Å². The molecule has 0 saturated carbocycles. The van der Waals surface area contributed by atoms with Gasteiger partial charge in [-0.05, 0) is 22.9 Å². The van der Waals surface area contributed by atoms with Gasteiger partial charge in [0.1, 0.15) is 11.0 Å². The van der Waals surface area contributed by atoms with Gasteiger partial charge in [-0.25, -0.2) is 9.97 Å². The molecule has 1 aromatic heterocycles. The van der Waals surface area contributed by atoms with Gasteiger partial charge in [-0.2, -0.15) is 0 Å². The Morgan fingerprint density at radius 1 is 1.23 bits per heavy atom. The molecule has 0 radical (unpaired) electrons. The standard InChI is InChI=1S/C9H12BrClN2/c1-5-6(10)7(11)13-8(12-5)9(2,3)4/h1-4H3. The maximum Gasteiger partial charge on any atom is 0.147 e. The summed E-state index contributed by atoms with van der Waals surface area (Å²) in [7, 11) is 0. The molecule has 0 aromatic carbocycles. The van der Waals surface area contributed by atoms with E-state index < -0.39 is 0 Å². The van der Waals surface area contributed by atoms with Gasteiger partial charge in [0.25, 0.3) is 0 Å². The Hall–Kier alpha value is -0.150. The van der Waals surface area contributed by atoms with Gasteiger partial charge < -0.3 is 0 Å². The normalized spacial score (nSPS) is 11.8. The molecule has 0 unspecified atom stereocenters. The maximum atomic E-state index is 5.93. The van der Waals surface area contributed by atoms with Crippen molar-refractivity contribution in [1.82, 2.24) is 9.97 Å². The molecule has 0 aliphatic heterocycles. The summed E-state index contributed by atoms with van der Waals surface area (Å²) in [5.41, 5.74) is 0.819. The molecule has 1 aromatic rings. The number of nitrogens with zero attached hydrogens (tertiary/aromatic N) is 2. The van der Waals surface area contributed by atoms with E-state index in [4.69, 9.17) is 11.6 Å². The topological polar surface area (TPSA) is 25.8 Å². The van der Waals surface area contributed by atoms with Crippen molar-refractivity contribution in [1.29, 1.82) is 0 Å². The summed E-state index contributed by atoms with van der Waals surface area (Å²) in [6.07, 6.45) is 0. The number of halogens is 2. The van der Waals surface area contributed by atoms with Crippen molar-refractivity contribution in [2.75, 3.05) is 0 Å². The van der Waals surface area contributed by atoms with Crippen molar-refractivity contribution in [3.8, 4) is 0 Å². The number of rotatable bonds is 0. The van der Waals surface area contributed by atoms with Gasteiger partial charge >= 0.3 is 0 Å². The Morgan fingerprint density at radius 2 is 1.77 bits per heavy atom. The minimum Gasteiger partial charge on any atom is -0.236 e. The number of hydrogen-bond acceptors (Lipinski definition) is 2. The first-order valence-electron chi connectivity index (χ1n) is 4.02. The third-order valence-corrected chi connectivity index (χ3v) is 3.10. The Morgan fingerprint density at radius 3 is 2.15 bits per heavy atom. The van der Waals surface area contributed by atoms with Crippen molar-refractivity contribution in [3.05, 3.63) is 21.1 Å². The van der Waals surface area contributed by atoms with Crippen LogP contribution in [0.1, 0.15) is 32.3 Å². The van der Waals surface area contributed by atoms with Crippen LogP contribution in [0.4, 0.5) is 0 Å². The van der Waals surface area contributed by atoms with E-state index in [9.17, 15) is 0 Å². The Kier molecular flexibility index (Phi) is 2.98. The molecule has 4 heteroatoms. The molecular formula is C9H12BrClN2. The summed E-state index contributed by atoms with van der Waals surface area (Å²) in [6, 6.07) is 0. The SMILES string of the molecule is Cc1nc(C(C)(C)C)nc(Cl)c1Br. The lowest BCUT2D eigenvalue weighted by atomic mass is 9.96. The van der Waals surface area contributed by atoms with E-state index >= 15 is 0 Å². The molecule has 1 rings (SSSR count). The highest BCUT2D eigenvalue weighted by atomic mass is 79.9. The fourth-order valence-corrected chi connectivity index (χ4v) is 1.25. The van der Waals surface area contributed by atoms with Crippen LogP contribution in [0, 0.1) is 6.92 Å². The van der Waals surface area contributed by atoms with Crippen molar-refractivity contribution >= 4 is 27.5 Å². The van der Waals surface area contributed by atoms with Crippen LogP contribution in [0.5, 0.6) is 0 Å². The largest absolute Gasteiger partial charge is 0.236 e. The first-order valence-corrected chi connectivity index (χ1v) is 5.19. The third-order valence-electron chi connectivity index (χ3n) is 1.65. The zero-order valence-electron chi connectivity index (χ0n) is 8.15. The smallest absolute Gasteiger partial charge is 0.147 e. The third kappa shape index (κ3) is 2.41. The zero-order chi connectivity index (χ0) is 10.2. The summed E-state index contributed by atoms with van der Waals surface area (Å²) >= 11 is 9.25. The van der Waals surface area contributed by atoms with Crippen molar-refractivity contribution in [2.45, 2.75) is 33.1 Å². The van der Waals surface area contributed by atoms with Crippen LogP contribution < -0.4 is 0 Å². The van der Waals surface area contributed by atoms with E-state index in [0.29, 0.717) is 5.15 Å². The van der Waals surface area contributed by atoms with E-state index in [0.717, 1.165) is 16.0 Å². The first-order chi connectivity index (χ1) is 5.82. The van der Waals surface area contributed by atoms with E-state index in [1.54, 1.807) is 0 Å². The van der Waals surface area contributed by atoms with Crippen molar-refractivity contribution in [3.63, 3.8) is 0 Å². The van der Waals surface area contributed by atoms with Gasteiger partial charge in [-0.15, -0.1) is 0 Å². The molecule has 0 spiro atoms. The second-order valence-electron chi connectivity index (χ2n) is 3.99. The number of aryl methyl sites for hydroxylation is 1. The Bertz CT molecular complexity index is 308. The van der Waals surface area contributed by atoms with Crippen LogP contribution in [0.25, 0.3) is 0 Å². The van der Waals surface area contributed by atoms with Gasteiger partial charge in [0.05, 0.1) is 10.2 Å². The predicted octanol–water partition coefficient (Wildman–Crippen LogP) is 3.50. The average Bonchev–Trinajstić information content (AvgIpc) is 1.97. The second-order valence-corrected chi connectivity index (χ2v) is 5.14. The highest BCUT2D eigenvalue weighted by Gasteiger charge is 2.19. The second kappa shape index (κ2) is 3.54. The monoisotopic (exact) mass is 262 g/mol. The van der Waals surface area contributed by atoms with Crippen LogP contribution in [0.15, 0.2) is 4.47 Å². The minimum atomic E-state index is -0.0604. The lowest BCUT2D eigenvalue weighted by Crippen LogP contribution is -2.16. The van der Waals surface area contributed by atoms with Gasteiger partial charge in [0, 0.05) is 5.41 Å². The predicted molar refractivity (Wildman–Crippen MR) is 58.2 cm³/mol. The summed E-state index contributed by atoms with van der Waals surface area (Å²) in [4.78, 5) is 8.57. The summed E-state index contributed by atoms with van der Waals surface area (Å²) in [5.74, 6) is 0.776. The fraction of sp³-hybridized carbons (Fsp3) is 0.556. The molecule has 13 heavy (non-hydrogen) atoms. The zero-order valence-corrected chi connectivity index (χ0v) is 10.5. The first kappa shape index (κ1) is 10.9. The van der Waals surface area contributed by atoms with Crippen LogP contribution in [-0.4, -0.2) is 9.97 Å². The molecule has 0 atom stereocenters. The quantitative estimate of drug-likeness (QED) is 0.670. The highest BCUT2D eigenvalue weighted by molar-refractivity contribution is 9.10. The van der Waals surface area contributed by atoms with Crippen LogP contribution in [0.2, 0.25) is 5.15 Å². The van der Waals surface area contributed by atoms with Crippen LogP contribution >= 0.6 is 27.5 Å². The molecule has 2 nitrogen and oxygen atoms in total. The van der Waals surface area contributed by atoms with Crippen LogP contribution in [-0.2, 0) is 5.41 Å². The molecule has 0 amide bonds. The lowest BCUT2D eigenvalue weighted by Gasteiger charge is -2.17. The molecule has 0 bridgehead atoms. The molecule has 0 saturated heterocycles. The molecule has 0 aliphatic rings. The summed E-state index contributed by atoms with van der Waals surface area (Å²) in [5, 5.41) is 0.484. The molecule has 1 heterocycles. The van der Waals surface area contributed by atoms with E-state index in [1.165, 1.54) is 0 Å². The number of aromatic nitrogens is 2.